The van der Waals surface area contributed by atoms with Crippen molar-refractivity contribution in [2.45, 2.75) is 13.0 Å². The quantitative estimate of drug-likeness (QED) is 0.912. The highest BCUT2D eigenvalue weighted by molar-refractivity contribution is 6.04. The summed E-state index contributed by atoms with van der Waals surface area (Å²) in [4.78, 5) is 14.8. The van der Waals surface area contributed by atoms with Gasteiger partial charge in [-0.1, -0.05) is 24.3 Å². The van der Waals surface area contributed by atoms with Crippen molar-refractivity contribution in [3.63, 3.8) is 0 Å². The smallest absolute Gasteiger partial charge is 0.255 e. The van der Waals surface area contributed by atoms with Crippen LogP contribution < -0.4 is 5.32 Å². The standard InChI is InChI=1S/C20H21N3O2/c21-9-8-16-4-6-19(7-5-16)22-20(24)18-3-1-2-17(14-18)15-23-10-12-25-13-11-23/h1-7,14H,8,10-13,15H2,(H,22,24). The highest BCUT2D eigenvalue weighted by atomic mass is 16.5. The van der Waals surface area contributed by atoms with E-state index in [0.29, 0.717) is 12.0 Å². The number of amides is 1. The number of ether oxygens (including phenoxy) is 1. The van der Waals surface area contributed by atoms with E-state index in [4.69, 9.17) is 10.00 Å². The van der Waals surface area contributed by atoms with Crippen LogP contribution in [0.2, 0.25) is 0 Å². The number of benzene rings is 2. The molecular formula is C20H21N3O2. The summed E-state index contributed by atoms with van der Waals surface area (Å²) >= 11 is 0. The van der Waals surface area contributed by atoms with Crippen LogP contribution in [-0.2, 0) is 17.7 Å². The lowest BCUT2D eigenvalue weighted by Crippen LogP contribution is -2.35. The fourth-order valence-electron chi connectivity index (χ4n) is 2.83. The van der Waals surface area contributed by atoms with Crippen LogP contribution in [0.3, 0.4) is 0 Å². The minimum absolute atomic E-state index is 0.128. The van der Waals surface area contributed by atoms with Crippen LogP contribution in [0.5, 0.6) is 0 Å². The lowest BCUT2D eigenvalue weighted by Gasteiger charge is -2.26. The average Bonchev–Trinajstić information content (AvgIpc) is 2.65. The van der Waals surface area contributed by atoms with Gasteiger partial charge in [0.05, 0.1) is 25.7 Å². The summed E-state index contributed by atoms with van der Waals surface area (Å²) in [7, 11) is 0. The van der Waals surface area contributed by atoms with Gasteiger partial charge in [0.2, 0.25) is 0 Å². The molecule has 1 aliphatic rings. The second-order valence-corrected chi connectivity index (χ2v) is 6.07. The molecule has 2 aromatic rings. The van der Waals surface area contributed by atoms with Crippen molar-refractivity contribution in [3.8, 4) is 6.07 Å². The molecule has 1 N–H and O–H groups in total. The number of nitrogens with one attached hydrogen (secondary N) is 1. The normalized spacial score (nSPS) is 14.7. The van der Waals surface area contributed by atoms with E-state index in [0.717, 1.165) is 49.7 Å². The maximum Gasteiger partial charge on any atom is 0.255 e. The molecule has 25 heavy (non-hydrogen) atoms. The van der Waals surface area contributed by atoms with Crippen LogP contribution in [0, 0.1) is 11.3 Å². The van der Waals surface area contributed by atoms with Crippen LogP contribution >= 0.6 is 0 Å². The van der Waals surface area contributed by atoms with Gasteiger partial charge in [-0.25, -0.2) is 0 Å². The summed E-state index contributed by atoms with van der Waals surface area (Å²) in [5.41, 5.74) is 3.43. The molecule has 0 aliphatic carbocycles. The maximum absolute atomic E-state index is 12.5. The minimum Gasteiger partial charge on any atom is -0.379 e. The Bertz CT molecular complexity index is 759. The fourth-order valence-corrected chi connectivity index (χ4v) is 2.83. The summed E-state index contributed by atoms with van der Waals surface area (Å²) in [5.74, 6) is -0.128. The maximum atomic E-state index is 12.5. The monoisotopic (exact) mass is 335 g/mol. The topological polar surface area (TPSA) is 65.4 Å². The molecule has 0 saturated carbocycles. The third-order valence-electron chi connectivity index (χ3n) is 4.19. The van der Waals surface area contributed by atoms with E-state index in [1.54, 1.807) is 0 Å². The van der Waals surface area contributed by atoms with E-state index in [1.165, 1.54) is 0 Å². The van der Waals surface area contributed by atoms with Crippen molar-refractivity contribution in [2.75, 3.05) is 31.6 Å². The number of carbonyl (C=O) groups is 1. The van der Waals surface area contributed by atoms with Crippen LogP contribution in [0.25, 0.3) is 0 Å². The Morgan fingerprint density at radius 3 is 2.60 bits per heavy atom. The number of nitrogens with zero attached hydrogens (tertiary/aromatic N) is 2. The van der Waals surface area contributed by atoms with E-state index in [2.05, 4.69) is 16.3 Å². The number of morpholine rings is 1. The van der Waals surface area contributed by atoms with E-state index >= 15 is 0 Å². The molecule has 0 aromatic heterocycles. The third-order valence-corrected chi connectivity index (χ3v) is 4.19. The van der Waals surface area contributed by atoms with Crippen LogP contribution in [0.1, 0.15) is 21.5 Å². The van der Waals surface area contributed by atoms with Crippen LogP contribution in [0.4, 0.5) is 5.69 Å². The second kappa shape index (κ2) is 8.43. The van der Waals surface area contributed by atoms with E-state index in [1.807, 2.05) is 48.5 Å². The SMILES string of the molecule is N#CCc1ccc(NC(=O)c2cccc(CN3CCOCC3)c2)cc1. The molecule has 1 aliphatic heterocycles. The van der Waals surface area contributed by atoms with Crippen LogP contribution in [-0.4, -0.2) is 37.1 Å². The number of rotatable bonds is 5. The molecule has 2 aromatic carbocycles. The molecule has 0 spiro atoms. The van der Waals surface area contributed by atoms with Gasteiger partial charge in [0.25, 0.3) is 5.91 Å². The predicted molar refractivity (Wildman–Crippen MR) is 96.3 cm³/mol. The molecule has 1 amide bonds. The number of anilines is 1. The molecule has 3 rings (SSSR count). The lowest BCUT2D eigenvalue weighted by molar-refractivity contribution is 0.0342. The van der Waals surface area contributed by atoms with Gasteiger partial charge in [0, 0.05) is 30.9 Å². The first-order valence-corrected chi connectivity index (χ1v) is 8.41. The molecule has 5 nitrogen and oxygen atoms in total. The molecule has 5 heteroatoms. The first-order chi connectivity index (χ1) is 12.2. The highest BCUT2D eigenvalue weighted by Gasteiger charge is 2.12. The molecule has 128 valence electrons. The largest absolute Gasteiger partial charge is 0.379 e. The van der Waals surface area contributed by atoms with Gasteiger partial charge in [-0.05, 0) is 35.4 Å². The Balaban J connectivity index is 1.63. The Hall–Kier alpha value is -2.68. The minimum atomic E-state index is -0.128. The van der Waals surface area contributed by atoms with Gasteiger partial charge in [-0.3, -0.25) is 9.69 Å². The molecule has 0 atom stereocenters. The highest BCUT2D eigenvalue weighted by Crippen LogP contribution is 2.14. The number of nitriles is 1. The van der Waals surface area contributed by atoms with Crippen molar-refractivity contribution in [2.24, 2.45) is 0 Å². The van der Waals surface area contributed by atoms with Crippen molar-refractivity contribution < 1.29 is 9.53 Å². The zero-order chi connectivity index (χ0) is 17.5. The molecule has 1 fully saturated rings. The average molecular weight is 335 g/mol. The van der Waals surface area contributed by atoms with Crippen LogP contribution in [0.15, 0.2) is 48.5 Å². The van der Waals surface area contributed by atoms with E-state index in [9.17, 15) is 4.79 Å². The van der Waals surface area contributed by atoms with Crippen molar-refractivity contribution in [1.29, 1.82) is 5.26 Å². The molecule has 0 radical (unpaired) electrons. The van der Waals surface area contributed by atoms with Crippen molar-refractivity contribution in [1.82, 2.24) is 4.90 Å². The Morgan fingerprint density at radius 1 is 1.12 bits per heavy atom. The zero-order valence-corrected chi connectivity index (χ0v) is 14.1. The summed E-state index contributed by atoms with van der Waals surface area (Å²) < 4.78 is 5.37. The summed E-state index contributed by atoms with van der Waals surface area (Å²) in [6.45, 7) is 4.20. The molecular weight excluding hydrogens is 314 g/mol. The fraction of sp³-hybridized carbons (Fsp3) is 0.300. The molecule has 0 bridgehead atoms. The van der Waals surface area contributed by atoms with E-state index < -0.39 is 0 Å². The van der Waals surface area contributed by atoms with Gasteiger partial charge >= 0.3 is 0 Å². The zero-order valence-electron chi connectivity index (χ0n) is 14.1. The first kappa shape index (κ1) is 17.2. The molecule has 1 heterocycles. The summed E-state index contributed by atoms with van der Waals surface area (Å²) in [6, 6.07) is 17.2. The predicted octanol–water partition coefficient (Wildman–Crippen LogP) is 2.84. The van der Waals surface area contributed by atoms with Gasteiger partial charge < -0.3 is 10.1 Å². The second-order valence-electron chi connectivity index (χ2n) is 6.07. The summed E-state index contributed by atoms with van der Waals surface area (Å²) in [6.07, 6.45) is 0.373. The molecule has 1 saturated heterocycles. The van der Waals surface area contributed by atoms with Crippen molar-refractivity contribution >= 4 is 11.6 Å². The van der Waals surface area contributed by atoms with Crippen molar-refractivity contribution in [3.05, 3.63) is 65.2 Å². The number of carbonyl (C=O) groups excluding carboxylic acids is 1. The van der Waals surface area contributed by atoms with Gasteiger partial charge in [0.15, 0.2) is 0 Å². The number of hydrogen-bond donors (Lipinski definition) is 1. The first-order valence-electron chi connectivity index (χ1n) is 8.41. The van der Waals surface area contributed by atoms with E-state index in [-0.39, 0.29) is 5.91 Å². The Labute approximate surface area is 147 Å². The molecule has 0 unspecified atom stereocenters. The van der Waals surface area contributed by atoms with Gasteiger partial charge in [-0.2, -0.15) is 5.26 Å². The summed E-state index contributed by atoms with van der Waals surface area (Å²) in [5, 5.41) is 11.6. The van der Waals surface area contributed by atoms with Gasteiger partial charge in [0.1, 0.15) is 0 Å². The third kappa shape index (κ3) is 4.90. The Morgan fingerprint density at radius 2 is 1.88 bits per heavy atom. The number of hydrogen-bond acceptors (Lipinski definition) is 4. The Kier molecular flexibility index (Phi) is 5.78. The lowest BCUT2D eigenvalue weighted by atomic mass is 10.1. The van der Waals surface area contributed by atoms with Gasteiger partial charge in [-0.15, -0.1) is 0 Å².